The van der Waals surface area contributed by atoms with Crippen LogP contribution in [0.25, 0.3) is 0 Å². The van der Waals surface area contributed by atoms with Gasteiger partial charge in [-0.3, -0.25) is 14.6 Å². The summed E-state index contributed by atoms with van der Waals surface area (Å²) in [5.74, 6) is -1.66. The van der Waals surface area contributed by atoms with Gasteiger partial charge >= 0.3 is 11.7 Å². The molecule has 2 rings (SSSR count). The van der Waals surface area contributed by atoms with Crippen LogP contribution in [0.3, 0.4) is 0 Å². The van der Waals surface area contributed by atoms with Gasteiger partial charge in [-0.2, -0.15) is 0 Å². The second-order valence-electron chi connectivity index (χ2n) is 4.08. The van der Waals surface area contributed by atoms with Gasteiger partial charge in [-0.05, 0) is 12.1 Å². The largest absolute Gasteiger partial charge is 0.477 e. The van der Waals surface area contributed by atoms with E-state index in [4.69, 9.17) is 5.11 Å². The number of anilines is 1. The van der Waals surface area contributed by atoms with Crippen molar-refractivity contribution in [3.63, 3.8) is 0 Å². The molecule has 0 atom stereocenters. The third kappa shape index (κ3) is 3.86. The van der Waals surface area contributed by atoms with E-state index in [1.165, 1.54) is 18.3 Å². The molecule has 1 amide bonds. The van der Waals surface area contributed by atoms with Gasteiger partial charge in [-0.25, -0.2) is 14.6 Å². The highest BCUT2D eigenvalue weighted by Gasteiger charge is 2.08. The highest BCUT2D eigenvalue weighted by molar-refractivity contribution is 5.92. The minimum Gasteiger partial charge on any atom is -0.477 e. The van der Waals surface area contributed by atoms with Crippen LogP contribution >= 0.6 is 0 Å². The number of aromatic nitrogens is 3. The first-order valence-corrected chi connectivity index (χ1v) is 5.76. The van der Waals surface area contributed by atoms with Crippen LogP contribution in [0.5, 0.6) is 0 Å². The third-order valence-corrected chi connectivity index (χ3v) is 2.43. The van der Waals surface area contributed by atoms with Crippen LogP contribution in [0.2, 0.25) is 0 Å². The van der Waals surface area contributed by atoms with E-state index < -0.39 is 23.1 Å². The molecule has 9 heteroatoms. The normalized spacial score (nSPS) is 10.1. The highest BCUT2D eigenvalue weighted by Crippen LogP contribution is 2.06. The van der Waals surface area contributed by atoms with Gasteiger partial charge in [0.25, 0.3) is 5.56 Å². The Labute approximate surface area is 116 Å². The number of rotatable bonds is 4. The molecule has 0 saturated heterocycles. The Bertz CT molecular complexity index is 762. The van der Waals surface area contributed by atoms with Crippen molar-refractivity contribution in [1.82, 2.24) is 15.0 Å². The van der Waals surface area contributed by atoms with E-state index in [0.29, 0.717) is 5.69 Å². The number of H-pyrrole nitrogens is 2. The minimum atomic E-state index is -1.17. The molecule has 0 spiro atoms. The van der Waals surface area contributed by atoms with Gasteiger partial charge in [0.2, 0.25) is 5.91 Å². The summed E-state index contributed by atoms with van der Waals surface area (Å²) in [6.45, 7) is 0. The summed E-state index contributed by atoms with van der Waals surface area (Å²) < 4.78 is 0. The maximum Gasteiger partial charge on any atom is 0.354 e. The predicted octanol–water partition coefficient (Wildman–Crippen LogP) is -0.662. The number of carbonyl (C=O) groups excluding carboxylic acids is 1. The van der Waals surface area contributed by atoms with Gasteiger partial charge in [-0.1, -0.05) is 0 Å². The van der Waals surface area contributed by atoms with Crippen LogP contribution in [-0.2, 0) is 11.2 Å². The first kappa shape index (κ1) is 14.2. The monoisotopic (exact) mass is 290 g/mol. The van der Waals surface area contributed by atoms with Crippen molar-refractivity contribution in [3.8, 4) is 0 Å². The van der Waals surface area contributed by atoms with E-state index in [1.807, 2.05) is 4.98 Å². The Morgan fingerprint density at radius 2 is 2.00 bits per heavy atom. The van der Waals surface area contributed by atoms with Crippen molar-refractivity contribution in [2.75, 3.05) is 5.32 Å². The summed E-state index contributed by atoms with van der Waals surface area (Å²) in [7, 11) is 0. The fourth-order valence-electron chi connectivity index (χ4n) is 1.59. The quantitative estimate of drug-likeness (QED) is 0.588. The number of hydrogen-bond donors (Lipinski definition) is 4. The van der Waals surface area contributed by atoms with Gasteiger partial charge in [0, 0.05) is 11.8 Å². The smallest absolute Gasteiger partial charge is 0.354 e. The van der Waals surface area contributed by atoms with E-state index >= 15 is 0 Å². The summed E-state index contributed by atoms with van der Waals surface area (Å²) in [5, 5.41) is 11.2. The molecule has 0 fully saturated rings. The molecule has 9 nitrogen and oxygen atoms in total. The van der Waals surface area contributed by atoms with Crippen LogP contribution in [-0.4, -0.2) is 31.9 Å². The Balaban J connectivity index is 2.06. The Morgan fingerprint density at radius 3 is 2.57 bits per heavy atom. The van der Waals surface area contributed by atoms with Gasteiger partial charge in [-0.15, -0.1) is 0 Å². The lowest BCUT2D eigenvalue weighted by Gasteiger charge is -2.04. The minimum absolute atomic E-state index is 0.146. The lowest BCUT2D eigenvalue weighted by atomic mass is 10.2. The molecule has 4 N–H and O–H groups in total. The summed E-state index contributed by atoms with van der Waals surface area (Å²) in [6.07, 6.45) is 0.988. The maximum atomic E-state index is 11.7. The van der Waals surface area contributed by atoms with E-state index in [9.17, 15) is 19.2 Å². The van der Waals surface area contributed by atoms with E-state index in [1.54, 1.807) is 0 Å². The Kier molecular flexibility index (Phi) is 3.93. The lowest BCUT2D eigenvalue weighted by molar-refractivity contribution is -0.115. The fraction of sp³-hybridized carbons (Fsp3) is 0.0833. The zero-order chi connectivity index (χ0) is 15.4. The number of nitrogens with one attached hydrogen (secondary N) is 3. The fourth-order valence-corrected chi connectivity index (χ4v) is 1.59. The maximum absolute atomic E-state index is 11.7. The van der Waals surface area contributed by atoms with E-state index in [-0.39, 0.29) is 17.8 Å². The molecular formula is C12H10N4O5. The Morgan fingerprint density at radius 1 is 1.24 bits per heavy atom. The average Bonchev–Trinajstić information content (AvgIpc) is 2.37. The first-order chi connectivity index (χ1) is 9.94. The van der Waals surface area contributed by atoms with E-state index in [0.717, 1.165) is 6.07 Å². The molecular weight excluding hydrogens is 280 g/mol. The highest BCUT2D eigenvalue weighted by atomic mass is 16.4. The van der Waals surface area contributed by atoms with E-state index in [2.05, 4.69) is 15.3 Å². The van der Waals surface area contributed by atoms with Crippen LogP contribution < -0.4 is 16.6 Å². The van der Waals surface area contributed by atoms with Crippen molar-refractivity contribution in [2.45, 2.75) is 6.42 Å². The number of amides is 1. The molecule has 21 heavy (non-hydrogen) atoms. The molecule has 0 radical (unpaired) electrons. The molecule has 0 aliphatic carbocycles. The first-order valence-electron chi connectivity index (χ1n) is 5.76. The Hall–Kier alpha value is -3.23. The molecule has 2 aromatic rings. The predicted molar refractivity (Wildman–Crippen MR) is 71.2 cm³/mol. The summed E-state index contributed by atoms with van der Waals surface area (Å²) in [5.41, 5.74) is -0.979. The molecule has 0 saturated carbocycles. The molecule has 2 heterocycles. The lowest BCUT2D eigenvalue weighted by Crippen LogP contribution is -2.25. The van der Waals surface area contributed by atoms with Gasteiger partial charge in [0.15, 0.2) is 0 Å². The zero-order valence-corrected chi connectivity index (χ0v) is 10.5. The molecule has 0 aromatic carbocycles. The summed E-state index contributed by atoms with van der Waals surface area (Å²) in [4.78, 5) is 52.4. The van der Waals surface area contributed by atoms with Gasteiger partial charge in [0.05, 0.1) is 18.3 Å². The number of nitrogens with zero attached hydrogens (tertiary/aromatic N) is 1. The summed E-state index contributed by atoms with van der Waals surface area (Å²) in [6, 6.07) is 3.73. The number of aromatic amines is 2. The van der Waals surface area contributed by atoms with Crippen molar-refractivity contribution in [3.05, 3.63) is 56.6 Å². The van der Waals surface area contributed by atoms with Crippen LogP contribution in [0.4, 0.5) is 5.69 Å². The van der Waals surface area contributed by atoms with Crippen LogP contribution in [0, 0.1) is 0 Å². The number of hydrogen-bond acceptors (Lipinski definition) is 5. The summed E-state index contributed by atoms with van der Waals surface area (Å²) >= 11 is 0. The number of carboxylic acid groups (broad SMARTS) is 1. The molecule has 108 valence electrons. The van der Waals surface area contributed by atoms with Gasteiger partial charge in [0.1, 0.15) is 5.69 Å². The number of aromatic carboxylic acids is 1. The van der Waals surface area contributed by atoms with Crippen LogP contribution in [0.15, 0.2) is 34.0 Å². The topological polar surface area (TPSA) is 145 Å². The number of pyridine rings is 1. The van der Waals surface area contributed by atoms with Crippen molar-refractivity contribution in [1.29, 1.82) is 0 Å². The third-order valence-electron chi connectivity index (χ3n) is 2.43. The van der Waals surface area contributed by atoms with Crippen molar-refractivity contribution in [2.24, 2.45) is 0 Å². The van der Waals surface area contributed by atoms with Crippen molar-refractivity contribution < 1.29 is 14.7 Å². The second-order valence-corrected chi connectivity index (χ2v) is 4.08. The number of carbonyl (C=O) groups is 2. The van der Waals surface area contributed by atoms with Crippen molar-refractivity contribution >= 4 is 17.6 Å². The van der Waals surface area contributed by atoms with Gasteiger partial charge < -0.3 is 15.4 Å². The zero-order valence-electron chi connectivity index (χ0n) is 10.5. The molecule has 0 aliphatic rings. The number of carboxylic acids is 1. The average molecular weight is 290 g/mol. The second kappa shape index (κ2) is 5.82. The standard InChI is InChI=1S/C12H10N4O5/c17-9(3-7-4-10(18)16-12(21)15-7)14-6-1-2-8(11(19)20)13-5-6/h1-2,4-5H,3H2,(H,14,17)(H,19,20)(H2,15,16,18,21). The van der Waals surface area contributed by atoms with Crippen LogP contribution in [0.1, 0.15) is 16.2 Å². The molecule has 0 unspecified atom stereocenters. The molecule has 0 bridgehead atoms. The molecule has 2 aromatic heterocycles. The molecule has 0 aliphatic heterocycles. The SMILES string of the molecule is O=C(Cc1cc(=O)[nH]c(=O)[nH]1)Nc1ccc(C(=O)O)nc1.